The predicted molar refractivity (Wildman–Crippen MR) is 112 cm³/mol. The van der Waals surface area contributed by atoms with Crippen LogP contribution in [0.4, 0.5) is 16.2 Å². The third-order valence-corrected chi connectivity index (χ3v) is 4.87. The van der Waals surface area contributed by atoms with Gasteiger partial charge in [0.2, 0.25) is 0 Å². The van der Waals surface area contributed by atoms with Crippen molar-refractivity contribution in [1.82, 2.24) is 15.3 Å². The van der Waals surface area contributed by atoms with Crippen LogP contribution in [-0.2, 0) is 0 Å². The molecule has 7 nitrogen and oxygen atoms in total. The number of hydrogen-bond acceptors (Lipinski definition) is 5. The largest absolute Gasteiger partial charge is 0.334 e. The highest BCUT2D eigenvalue weighted by Crippen LogP contribution is 2.27. The highest BCUT2D eigenvalue weighted by molar-refractivity contribution is 7.17. The summed E-state index contributed by atoms with van der Waals surface area (Å²) in [6.07, 6.45) is 3.29. The van der Waals surface area contributed by atoms with Crippen molar-refractivity contribution in [2.45, 2.75) is 6.92 Å². The maximum atomic E-state index is 12.6. The lowest BCUT2D eigenvalue weighted by Gasteiger charge is -2.08. The van der Waals surface area contributed by atoms with E-state index in [1.807, 2.05) is 18.2 Å². The predicted octanol–water partition coefficient (Wildman–Crippen LogP) is 4.07. The topological polar surface area (TPSA) is 96.0 Å². The second-order valence-electron chi connectivity index (χ2n) is 5.80. The summed E-state index contributed by atoms with van der Waals surface area (Å²) in [4.78, 5) is 33.5. The van der Waals surface area contributed by atoms with E-state index in [2.05, 4.69) is 32.5 Å². The third-order valence-electron chi connectivity index (χ3n) is 3.69. The molecule has 0 bridgehead atoms. The second kappa shape index (κ2) is 8.92. The summed E-state index contributed by atoms with van der Waals surface area (Å²) in [5.74, 6) is -0.235. The summed E-state index contributed by atoms with van der Waals surface area (Å²) in [5.41, 5.74) is 2.63. The first kappa shape index (κ1) is 19.2. The molecule has 0 aliphatic rings. The molecule has 0 fully saturated rings. The molecule has 2 heterocycles. The Hall–Kier alpha value is -3.52. The lowest BCUT2D eigenvalue weighted by molar-refractivity contribution is 0.103. The monoisotopic (exact) mass is 393 g/mol. The minimum Gasteiger partial charge on any atom is -0.334 e. The van der Waals surface area contributed by atoms with E-state index in [1.54, 1.807) is 43.5 Å². The highest BCUT2D eigenvalue weighted by Gasteiger charge is 2.17. The van der Waals surface area contributed by atoms with Gasteiger partial charge in [0.15, 0.2) is 0 Å². The zero-order chi connectivity index (χ0) is 19.9. The summed E-state index contributed by atoms with van der Waals surface area (Å²) in [6, 6.07) is 12.1. The number of rotatable bonds is 6. The van der Waals surface area contributed by atoms with Crippen LogP contribution in [-0.4, -0.2) is 28.5 Å². The second-order valence-corrected chi connectivity index (χ2v) is 6.80. The smallest absolute Gasteiger partial charge is 0.319 e. The number of hydrogen-bond donors (Lipinski definition) is 3. The maximum absolute atomic E-state index is 12.6. The van der Waals surface area contributed by atoms with Crippen molar-refractivity contribution in [2.75, 3.05) is 17.2 Å². The van der Waals surface area contributed by atoms with Gasteiger partial charge in [-0.05, 0) is 43.3 Å². The Bertz CT molecular complexity index is 984. The maximum Gasteiger partial charge on any atom is 0.319 e. The lowest BCUT2D eigenvalue weighted by atomic mass is 10.2. The van der Waals surface area contributed by atoms with Crippen molar-refractivity contribution in [3.63, 3.8) is 0 Å². The van der Waals surface area contributed by atoms with E-state index in [-0.39, 0.29) is 11.9 Å². The van der Waals surface area contributed by atoms with Crippen LogP contribution in [0.1, 0.15) is 15.4 Å². The Morgan fingerprint density at radius 1 is 1.11 bits per heavy atom. The van der Waals surface area contributed by atoms with E-state index >= 15 is 0 Å². The van der Waals surface area contributed by atoms with Crippen molar-refractivity contribution >= 4 is 34.6 Å². The van der Waals surface area contributed by atoms with Crippen LogP contribution in [0, 0.1) is 6.92 Å². The number of anilines is 2. The quantitative estimate of drug-likeness (QED) is 0.550. The molecule has 0 aliphatic heterocycles. The molecular weight excluding hydrogens is 374 g/mol. The molecule has 0 unspecified atom stereocenters. The zero-order valence-corrected chi connectivity index (χ0v) is 16.0. The van der Waals surface area contributed by atoms with Gasteiger partial charge < -0.3 is 16.0 Å². The van der Waals surface area contributed by atoms with Crippen molar-refractivity contribution in [2.24, 2.45) is 0 Å². The number of amides is 3. The molecule has 28 heavy (non-hydrogen) atoms. The zero-order valence-electron chi connectivity index (χ0n) is 15.2. The molecule has 0 saturated heterocycles. The number of urea groups is 1. The van der Waals surface area contributed by atoms with E-state index in [1.165, 1.54) is 11.3 Å². The van der Waals surface area contributed by atoms with Crippen LogP contribution < -0.4 is 16.0 Å². The number of pyridine rings is 1. The van der Waals surface area contributed by atoms with E-state index < -0.39 is 0 Å². The van der Waals surface area contributed by atoms with Gasteiger partial charge in [0.05, 0.1) is 11.4 Å². The Kier molecular flexibility index (Phi) is 6.13. The van der Waals surface area contributed by atoms with Crippen LogP contribution in [0.2, 0.25) is 0 Å². The fourth-order valence-corrected chi connectivity index (χ4v) is 3.31. The average Bonchev–Trinajstić information content (AvgIpc) is 3.10. The van der Waals surface area contributed by atoms with Crippen molar-refractivity contribution in [1.29, 1.82) is 0 Å². The molecule has 142 valence electrons. The summed E-state index contributed by atoms with van der Waals surface area (Å²) in [5, 5.41) is 8.87. The van der Waals surface area contributed by atoms with Gasteiger partial charge >= 0.3 is 6.03 Å². The molecule has 1 aromatic carbocycles. The van der Waals surface area contributed by atoms with Crippen molar-refractivity contribution < 1.29 is 9.59 Å². The molecular formula is C20H19N5O2S. The van der Waals surface area contributed by atoms with Gasteiger partial charge in [-0.25, -0.2) is 9.78 Å². The van der Waals surface area contributed by atoms with Gasteiger partial charge in [-0.15, -0.1) is 17.9 Å². The van der Waals surface area contributed by atoms with Gasteiger partial charge in [0.25, 0.3) is 5.91 Å². The summed E-state index contributed by atoms with van der Waals surface area (Å²) in [7, 11) is 0. The minimum absolute atomic E-state index is 0.235. The Morgan fingerprint density at radius 2 is 1.82 bits per heavy atom. The molecule has 3 amide bonds. The first-order valence-corrected chi connectivity index (χ1v) is 9.34. The summed E-state index contributed by atoms with van der Waals surface area (Å²) in [6.45, 7) is 5.72. The highest BCUT2D eigenvalue weighted by atomic mass is 32.1. The first-order valence-electron chi connectivity index (χ1n) is 8.53. The van der Waals surface area contributed by atoms with E-state index in [0.29, 0.717) is 33.5 Å². The van der Waals surface area contributed by atoms with E-state index in [0.717, 1.165) is 5.69 Å². The lowest BCUT2D eigenvalue weighted by Crippen LogP contribution is -2.28. The number of carbonyl (C=O) groups is 2. The Balaban J connectivity index is 1.66. The Labute approximate surface area is 166 Å². The van der Waals surface area contributed by atoms with E-state index in [9.17, 15) is 9.59 Å². The number of aromatic nitrogens is 2. The molecule has 0 radical (unpaired) electrons. The molecule has 8 heteroatoms. The number of nitrogens with one attached hydrogen (secondary N) is 3. The summed E-state index contributed by atoms with van der Waals surface area (Å²) < 4.78 is 0. The van der Waals surface area contributed by atoms with Crippen molar-refractivity contribution in [3.8, 4) is 10.7 Å². The van der Waals surface area contributed by atoms with E-state index in [4.69, 9.17) is 0 Å². The van der Waals surface area contributed by atoms with Crippen LogP contribution in [0.15, 0.2) is 61.3 Å². The van der Waals surface area contributed by atoms with Gasteiger partial charge in [0, 0.05) is 24.1 Å². The van der Waals surface area contributed by atoms with Gasteiger partial charge in [-0.1, -0.05) is 12.1 Å². The normalized spacial score (nSPS) is 10.2. The number of nitrogens with zero attached hydrogens (tertiary/aromatic N) is 2. The number of aryl methyl sites for hydroxylation is 1. The van der Waals surface area contributed by atoms with Crippen LogP contribution in [0.25, 0.3) is 10.7 Å². The summed E-state index contributed by atoms with van der Waals surface area (Å²) >= 11 is 1.30. The van der Waals surface area contributed by atoms with Crippen molar-refractivity contribution in [3.05, 3.63) is 71.9 Å². The molecule has 3 rings (SSSR count). The third kappa shape index (κ3) is 4.80. The van der Waals surface area contributed by atoms with Gasteiger partial charge in [-0.2, -0.15) is 0 Å². The average molecular weight is 393 g/mol. The molecule has 0 spiro atoms. The Morgan fingerprint density at radius 3 is 2.46 bits per heavy atom. The molecule has 0 saturated carbocycles. The number of benzene rings is 1. The molecule has 2 aromatic heterocycles. The van der Waals surface area contributed by atoms with Gasteiger partial charge in [-0.3, -0.25) is 9.78 Å². The molecule has 3 aromatic rings. The number of thiazole rings is 1. The first-order chi connectivity index (χ1) is 13.6. The minimum atomic E-state index is -0.320. The molecule has 0 aliphatic carbocycles. The van der Waals surface area contributed by atoms with Gasteiger partial charge in [0.1, 0.15) is 9.88 Å². The molecule has 0 atom stereocenters. The molecule has 3 N–H and O–H groups in total. The fourth-order valence-electron chi connectivity index (χ4n) is 2.37. The standard InChI is InChI=1S/C20H19N5O2S/c1-3-11-22-20(27)25-15-9-7-14(8-10-15)24-18(26)17-13(2)23-19(28-17)16-6-4-5-12-21-16/h3-10,12H,1,11H2,2H3,(H,24,26)(H2,22,25,27). The number of carbonyl (C=O) groups excluding carboxylic acids is 2. The van der Waals surface area contributed by atoms with Crippen LogP contribution in [0.3, 0.4) is 0 Å². The van der Waals surface area contributed by atoms with Crippen LogP contribution in [0.5, 0.6) is 0 Å². The van der Waals surface area contributed by atoms with Crippen LogP contribution >= 0.6 is 11.3 Å². The SMILES string of the molecule is C=CCNC(=O)Nc1ccc(NC(=O)c2sc(-c3ccccn3)nc2C)cc1. The fraction of sp³-hybridized carbons (Fsp3) is 0.100.